The minimum atomic E-state index is -1.52. The zero-order chi connectivity index (χ0) is 26.5. The number of nitro benzene ring substituents is 1. The van der Waals surface area contributed by atoms with E-state index in [0.717, 1.165) is 4.79 Å². The lowest BCUT2D eigenvalue weighted by atomic mass is 9.98. The first-order valence-corrected chi connectivity index (χ1v) is 10.9. The van der Waals surface area contributed by atoms with Crippen molar-refractivity contribution in [2.45, 2.75) is 0 Å². The quantitative estimate of drug-likeness (QED) is 0.219. The molecule has 0 spiro atoms. The second-order valence-electron chi connectivity index (χ2n) is 7.49. The van der Waals surface area contributed by atoms with Gasteiger partial charge >= 0.3 is 6.09 Å². The molecule has 0 bridgehead atoms. The lowest BCUT2D eigenvalue weighted by molar-refractivity contribution is -0.384. The Kier molecular flexibility index (Phi) is 7.11. The maximum atomic E-state index is 13.3. The summed E-state index contributed by atoms with van der Waals surface area (Å²) in [5.74, 6) is -1.63. The van der Waals surface area contributed by atoms with Crippen LogP contribution in [0.3, 0.4) is 0 Å². The van der Waals surface area contributed by atoms with Gasteiger partial charge in [-0.25, -0.2) is 10.2 Å². The zero-order valence-corrected chi connectivity index (χ0v) is 19.5. The number of carboxylic acid groups (broad SMARTS) is 1. The molecule has 0 aliphatic heterocycles. The van der Waals surface area contributed by atoms with Crippen LogP contribution in [0.1, 0.15) is 20.8 Å². The molecule has 3 amide bonds. The van der Waals surface area contributed by atoms with Gasteiger partial charge in [0.1, 0.15) is 5.69 Å². The van der Waals surface area contributed by atoms with Gasteiger partial charge in [-0.15, -0.1) is 0 Å². The van der Waals surface area contributed by atoms with Crippen LogP contribution in [-0.2, 0) is 0 Å². The summed E-state index contributed by atoms with van der Waals surface area (Å²) in [6.07, 6.45) is -1.52. The summed E-state index contributed by atoms with van der Waals surface area (Å²) in [5.41, 5.74) is 7.06. The Morgan fingerprint density at radius 2 is 1.57 bits per heavy atom. The third-order valence-electron chi connectivity index (χ3n) is 5.07. The maximum Gasteiger partial charge on any atom is 0.425 e. The Morgan fingerprint density at radius 1 is 0.892 bits per heavy atom. The van der Waals surface area contributed by atoms with Crippen molar-refractivity contribution < 1.29 is 24.4 Å². The molecular formula is C24H17ClN6O6. The molecule has 0 atom stereocenters. The van der Waals surface area contributed by atoms with Gasteiger partial charge in [0.05, 0.1) is 4.92 Å². The van der Waals surface area contributed by atoms with Crippen molar-refractivity contribution >= 4 is 35.2 Å². The normalized spacial score (nSPS) is 10.4. The highest BCUT2D eigenvalue weighted by Crippen LogP contribution is 2.35. The van der Waals surface area contributed by atoms with Crippen LogP contribution in [0.5, 0.6) is 0 Å². The minimum Gasteiger partial charge on any atom is -0.464 e. The van der Waals surface area contributed by atoms with Crippen LogP contribution < -0.4 is 16.3 Å². The summed E-state index contributed by atoms with van der Waals surface area (Å²) in [6, 6.07) is 20.0. The summed E-state index contributed by atoms with van der Waals surface area (Å²) >= 11 is 5.91. The van der Waals surface area contributed by atoms with E-state index in [2.05, 4.69) is 16.0 Å². The number of rotatable bonds is 6. The number of hydrazine groups is 1. The SMILES string of the molecule is O=C(O)Nn1nc(-c2ccccc2)c(-c2cccc([N+](=O)[O-])c2)c1C(=O)NNC(=O)c1cccc(Cl)c1. The Morgan fingerprint density at radius 3 is 2.24 bits per heavy atom. The predicted molar refractivity (Wildman–Crippen MR) is 134 cm³/mol. The van der Waals surface area contributed by atoms with Gasteiger partial charge in [-0.3, -0.25) is 30.6 Å². The van der Waals surface area contributed by atoms with E-state index in [4.69, 9.17) is 11.6 Å². The first kappa shape index (κ1) is 24.9. The third-order valence-corrected chi connectivity index (χ3v) is 5.31. The van der Waals surface area contributed by atoms with Crippen molar-refractivity contribution in [3.05, 3.63) is 105 Å². The van der Waals surface area contributed by atoms with Gasteiger partial charge in [0.15, 0.2) is 5.69 Å². The largest absolute Gasteiger partial charge is 0.464 e. The van der Waals surface area contributed by atoms with Gasteiger partial charge in [-0.2, -0.15) is 9.89 Å². The topological polar surface area (TPSA) is 168 Å². The molecule has 0 saturated heterocycles. The molecule has 0 fully saturated rings. The van der Waals surface area contributed by atoms with E-state index in [1.165, 1.54) is 36.4 Å². The summed E-state index contributed by atoms with van der Waals surface area (Å²) in [7, 11) is 0. The van der Waals surface area contributed by atoms with Crippen LogP contribution in [-0.4, -0.2) is 37.8 Å². The van der Waals surface area contributed by atoms with Crippen LogP contribution in [0.15, 0.2) is 78.9 Å². The number of hydrogen-bond acceptors (Lipinski definition) is 6. The van der Waals surface area contributed by atoms with Gasteiger partial charge in [0, 0.05) is 33.8 Å². The fourth-order valence-corrected chi connectivity index (χ4v) is 3.71. The van der Waals surface area contributed by atoms with Crippen LogP contribution in [0.2, 0.25) is 5.02 Å². The first-order valence-electron chi connectivity index (χ1n) is 10.5. The lowest BCUT2D eigenvalue weighted by Crippen LogP contribution is -2.43. The van der Waals surface area contributed by atoms with Crippen molar-refractivity contribution in [1.82, 2.24) is 20.7 Å². The number of carbonyl (C=O) groups is 3. The predicted octanol–water partition coefficient (Wildman–Crippen LogP) is 4.08. The number of aromatic nitrogens is 2. The molecule has 1 aromatic heterocycles. The number of halogens is 1. The monoisotopic (exact) mass is 520 g/mol. The van der Waals surface area contributed by atoms with E-state index in [1.54, 1.807) is 42.5 Å². The molecule has 1 heterocycles. The van der Waals surface area contributed by atoms with E-state index in [1.807, 2.05) is 5.43 Å². The molecule has 37 heavy (non-hydrogen) atoms. The summed E-state index contributed by atoms with van der Waals surface area (Å²) in [5, 5.41) is 25.3. The Labute approximate surface area is 213 Å². The highest BCUT2D eigenvalue weighted by atomic mass is 35.5. The Balaban J connectivity index is 1.82. The standard InChI is InChI=1S/C24H17ClN6O6/c25-17-10-4-9-16(12-17)22(32)26-27-23(33)21-19(15-8-5-11-18(13-15)31(36)37)20(14-6-2-1-3-7-14)28-30(21)29-24(34)35/h1-13,29H,(H,26,32)(H,27,33)(H,34,35). The zero-order valence-electron chi connectivity index (χ0n) is 18.7. The second kappa shape index (κ2) is 10.6. The van der Waals surface area contributed by atoms with Crippen molar-refractivity contribution in [3.8, 4) is 22.4 Å². The molecule has 4 N–H and O–H groups in total. The van der Waals surface area contributed by atoms with Crippen LogP contribution in [0, 0.1) is 10.1 Å². The average Bonchev–Trinajstić information content (AvgIpc) is 3.26. The highest BCUT2D eigenvalue weighted by Gasteiger charge is 2.28. The summed E-state index contributed by atoms with van der Waals surface area (Å²) in [4.78, 5) is 48.8. The van der Waals surface area contributed by atoms with E-state index in [0.29, 0.717) is 10.6 Å². The molecular weight excluding hydrogens is 504 g/mol. The molecule has 0 unspecified atom stereocenters. The van der Waals surface area contributed by atoms with Gasteiger partial charge in [-0.1, -0.05) is 60.1 Å². The molecule has 0 radical (unpaired) electrons. The summed E-state index contributed by atoms with van der Waals surface area (Å²) < 4.78 is 0. The van der Waals surface area contributed by atoms with E-state index in [9.17, 15) is 29.6 Å². The van der Waals surface area contributed by atoms with Gasteiger partial charge in [0.2, 0.25) is 0 Å². The molecule has 12 nitrogen and oxygen atoms in total. The van der Waals surface area contributed by atoms with E-state index in [-0.39, 0.29) is 33.8 Å². The van der Waals surface area contributed by atoms with Crippen molar-refractivity contribution in [1.29, 1.82) is 0 Å². The molecule has 13 heteroatoms. The maximum absolute atomic E-state index is 13.3. The number of non-ortho nitro benzene ring substituents is 1. The second-order valence-corrected chi connectivity index (χ2v) is 7.93. The number of nitro groups is 1. The molecule has 0 aliphatic rings. The fourth-order valence-electron chi connectivity index (χ4n) is 3.52. The molecule has 4 aromatic rings. The van der Waals surface area contributed by atoms with Crippen molar-refractivity contribution in [2.24, 2.45) is 0 Å². The summed E-state index contributed by atoms with van der Waals surface area (Å²) in [6.45, 7) is 0. The number of amides is 3. The Hall–Kier alpha value is -5.23. The molecule has 0 saturated carbocycles. The third kappa shape index (κ3) is 5.55. The molecule has 3 aromatic carbocycles. The number of nitrogens with zero attached hydrogens (tertiary/aromatic N) is 3. The van der Waals surface area contributed by atoms with Crippen molar-refractivity contribution in [2.75, 3.05) is 5.43 Å². The van der Waals surface area contributed by atoms with E-state index < -0.39 is 22.8 Å². The van der Waals surface area contributed by atoms with Gasteiger partial charge in [0.25, 0.3) is 17.5 Å². The number of hydrogen-bond donors (Lipinski definition) is 4. The molecule has 0 aliphatic carbocycles. The number of nitrogens with one attached hydrogen (secondary N) is 3. The van der Waals surface area contributed by atoms with Crippen molar-refractivity contribution in [3.63, 3.8) is 0 Å². The first-order chi connectivity index (χ1) is 17.7. The number of benzene rings is 3. The Bertz CT molecular complexity index is 1520. The van der Waals surface area contributed by atoms with Gasteiger partial charge in [-0.05, 0) is 23.8 Å². The average molecular weight is 521 g/mol. The van der Waals surface area contributed by atoms with Crippen LogP contribution in [0.4, 0.5) is 10.5 Å². The highest BCUT2D eigenvalue weighted by molar-refractivity contribution is 6.31. The van der Waals surface area contributed by atoms with Crippen LogP contribution in [0.25, 0.3) is 22.4 Å². The molecule has 4 rings (SSSR count). The number of carbonyl (C=O) groups excluding carboxylic acids is 2. The molecule has 186 valence electrons. The lowest BCUT2D eigenvalue weighted by Gasteiger charge is -2.11. The van der Waals surface area contributed by atoms with Crippen LogP contribution >= 0.6 is 11.6 Å². The minimum absolute atomic E-state index is 0.0955. The fraction of sp³-hybridized carbons (Fsp3) is 0. The van der Waals surface area contributed by atoms with E-state index >= 15 is 0 Å². The smallest absolute Gasteiger partial charge is 0.425 e. The van der Waals surface area contributed by atoms with Gasteiger partial charge < -0.3 is 5.11 Å².